The third-order valence-electron chi connectivity index (χ3n) is 6.89. The fraction of sp³-hybridized carbons (Fsp3) is 0.286. The van der Waals surface area contributed by atoms with Crippen LogP contribution >= 0.6 is 11.6 Å². The highest BCUT2D eigenvalue weighted by Gasteiger charge is 2.42. The number of imidazole rings is 1. The number of rotatable bonds is 5. The number of fused-ring (bicyclic) bond motifs is 1. The molecule has 0 spiro atoms. The highest BCUT2D eigenvalue weighted by Crippen LogP contribution is 2.43. The van der Waals surface area contributed by atoms with Crippen LogP contribution in [0.5, 0.6) is 5.75 Å². The molecule has 204 valence electrons. The Morgan fingerprint density at radius 2 is 1.77 bits per heavy atom. The molecule has 5 rings (SSSR count). The van der Waals surface area contributed by atoms with Gasteiger partial charge in [0, 0.05) is 31.7 Å². The second-order valence-corrected chi connectivity index (χ2v) is 9.80. The fourth-order valence-electron chi connectivity index (χ4n) is 4.87. The van der Waals surface area contributed by atoms with Crippen molar-refractivity contribution in [1.82, 2.24) is 14.9 Å². The van der Waals surface area contributed by atoms with Crippen molar-refractivity contribution in [2.75, 3.05) is 31.1 Å². The number of aromatic nitrogens is 2. The van der Waals surface area contributed by atoms with E-state index in [9.17, 15) is 22.4 Å². The van der Waals surface area contributed by atoms with Gasteiger partial charge >= 0.3 is 12.1 Å². The monoisotopic (exact) mass is 560 g/mol. The normalized spacial score (nSPS) is 14.2. The molecule has 2 heterocycles. The molecule has 0 bridgehead atoms. The van der Waals surface area contributed by atoms with Gasteiger partial charge < -0.3 is 19.5 Å². The van der Waals surface area contributed by atoms with E-state index in [4.69, 9.17) is 21.3 Å². The van der Waals surface area contributed by atoms with Gasteiger partial charge in [-0.05, 0) is 48.2 Å². The minimum Gasteiger partial charge on any atom is -0.417 e. The topological polar surface area (TPSA) is 59.4 Å². The Balaban J connectivity index is 1.84. The molecule has 0 aliphatic carbocycles. The van der Waals surface area contributed by atoms with Crippen molar-refractivity contribution in [3.63, 3.8) is 0 Å². The molecular weight excluding hydrogens is 536 g/mol. The summed E-state index contributed by atoms with van der Waals surface area (Å²) in [6, 6.07) is 13.6. The number of carbonyl (C=O) groups excluding carboxylic acids is 1. The Labute approximate surface area is 227 Å². The average Bonchev–Trinajstić information content (AvgIpc) is 3.27. The fourth-order valence-corrected chi connectivity index (χ4v) is 5.07. The standard InChI is InChI=1S/C28H25ClF4N4O2/c1-16-17(2)25(39-26(38)28(31,32)33)24-23(22(16)19-6-4-3-5-7-19)35-27(36-12-10-34-11-13-36)37(24)15-18-8-9-21(30)20(29)14-18/h3-9,14,34H,10-13,15H2,1-2H3. The first-order chi connectivity index (χ1) is 18.6. The number of anilines is 1. The van der Waals surface area contributed by atoms with Gasteiger partial charge in [-0.2, -0.15) is 13.2 Å². The molecule has 1 aromatic heterocycles. The molecule has 4 aromatic rings. The van der Waals surface area contributed by atoms with Gasteiger partial charge in [-0.1, -0.05) is 48.0 Å². The minimum absolute atomic E-state index is 0.0821. The molecule has 3 aromatic carbocycles. The molecule has 1 fully saturated rings. The summed E-state index contributed by atoms with van der Waals surface area (Å²) in [4.78, 5) is 19.1. The Bertz CT molecular complexity index is 1550. The van der Waals surface area contributed by atoms with Crippen LogP contribution in [-0.2, 0) is 11.3 Å². The molecule has 0 saturated carbocycles. The van der Waals surface area contributed by atoms with Gasteiger partial charge in [-0.3, -0.25) is 0 Å². The lowest BCUT2D eigenvalue weighted by molar-refractivity contribution is -0.189. The molecule has 0 amide bonds. The zero-order chi connectivity index (χ0) is 27.9. The first kappa shape index (κ1) is 27.0. The second kappa shape index (κ2) is 10.5. The Kier molecular flexibility index (Phi) is 7.26. The van der Waals surface area contributed by atoms with Crippen molar-refractivity contribution in [3.8, 4) is 16.9 Å². The van der Waals surface area contributed by atoms with Gasteiger partial charge in [0.1, 0.15) is 16.9 Å². The molecular formula is C28H25ClF4N4O2. The van der Waals surface area contributed by atoms with E-state index in [0.29, 0.717) is 54.3 Å². The predicted octanol–water partition coefficient (Wildman–Crippen LogP) is 6.04. The van der Waals surface area contributed by atoms with Crippen LogP contribution in [0.1, 0.15) is 16.7 Å². The van der Waals surface area contributed by atoms with Gasteiger partial charge in [0.2, 0.25) is 5.95 Å². The van der Waals surface area contributed by atoms with Gasteiger partial charge in [0.05, 0.1) is 11.6 Å². The number of nitrogens with zero attached hydrogens (tertiary/aromatic N) is 3. The van der Waals surface area contributed by atoms with E-state index in [1.165, 1.54) is 12.1 Å². The molecule has 6 nitrogen and oxygen atoms in total. The van der Waals surface area contributed by atoms with E-state index < -0.39 is 18.0 Å². The molecule has 1 aliphatic heterocycles. The lowest BCUT2D eigenvalue weighted by Gasteiger charge is -2.29. The van der Waals surface area contributed by atoms with E-state index in [2.05, 4.69) is 5.32 Å². The van der Waals surface area contributed by atoms with E-state index in [1.807, 2.05) is 35.2 Å². The zero-order valence-electron chi connectivity index (χ0n) is 21.2. The minimum atomic E-state index is -5.19. The highest BCUT2D eigenvalue weighted by atomic mass is 35.5. The van der Waals surface area contributed by atoms with E-state index in [1.54, 1.807) is 24.5 Å². The van der Waals surface area contributed by atoms with Gasteiger partial charge in [0.15, 0.2) is 5.75 Å². The summed E-state index contributed by atoms with van der Waals surface area (Å²) < 4.78 is 60.9. The lowest BCUT2D eigenvalue weighted by Crippen LogP contribution is -2.44. The van der Waals surface area contributed by atoms with Crippen LogP contribution in [-0.4, -0.2) is 47.9 Å². The third kappa shape index (κ3) is 5.18. The van der Waals surface area contributed by atoms with Crippen molar-refractivity contribution >= 4 is 34.6 Å². The number of piperazine rings is 1. The molecule has 39 heavy (non-hydrogen) atoms. The molecule has 0 unspecified atom stereocenters. The van der Waals surface area contributed by atoms with Crippen LogP contribution in [0.2, 0.25) is 5.02 Å². The largest absolute Gasteiger partial charge is 0.491 e. The number of ether oxygens (including phenoxy) is 1. The maximum Gasteiger partial charge on any atom is 0.491 e. The van der Waals surface area contributed by atoms with Gasteiger partial charge in [-0.25, -0.2) is 14.2 Å². The van der Waals surface area contributed by atoms with Crippen LogP contribution in [0.15, 0.2) is 48.5 Å². The van der Waals surface area contributed by atoms with E-state index in [0.717, 1.165) is 11.1 Å². The number of hydrogen-bond acceptors (Lipinski definition) is 5. The first-order valence-electron chi connectivity index (χ1n) is 12.3. The Morgan fingerprint density at radius 3 is 2.41 bits per heavy atom. The molecule has 1 aliphatic rings. The lowest BCUT2D eigenvalue weighted by atomic mass is 9.94. The predicted molar refractivity (Wildman–Crippen MR) is 142 cm³/mol. The average molecular weight is 561 g/mol. The molecule has 1 saturated heterocycles. The van der Waals surface area contributed by atoms with Crippen LogP contribution in [0.25, 0.3) is 22.2 Å². The molecule has 1 N–H and O–H groups in total. The van der Waals surface area contributed by atoms with Gasteiger partial charge in [0.25, 0.3) is 0 Å². The number of nitrogens with one attached hydrogen (secondary N) is 1. The summed E-state index contributed by atoms with van der Waals surface area (Å²) in [5.41, 5.74) is 3.80. The van der Waals surface area contributed by atoms with Crippen LogP contribution in [0.4, 0.5) is 23.5 Å². The summed E-state index contributed by atoms with van der Waals surface area (Å²) in [5, 5.41) is 3.20. The summed E-state index contributed by atoms with van der Waals surface area (Å²) in [7, 11) is 0. The summed E-state index contributed by atoms with van der Waals surface area (Å²) in [6.07, 6.45) is -5.19. The van der Waals surface area contributed by atoms with Crippen molar-refractivity contribution in [2.45, 2.75) is 26.6 Å². The van der Waals surface area contributed by atoms with E-state index in [-0.39, 0.29) is 22.8 Å². The quantitative estimate of drug-likeness (QED) is 0.183. The maximum absolute atomic E-state index is 13.9. The first-order valence-corrected chi connectivity index (χ1v) is 12.7. The summed E-state index contributed by atoms with van der Waals surface area (Å²) >= 11 is 6.05. The van der Waals surface area contributed by atoms with Gasteiger partial charge in [-0.15, -0.1) is 0 Å². The Hall–Kier alpha value is -3.63. The molecule has 11 heteroatoms. The summed E-state index contributed by atoms with van der Waals surface area (Å²) in [6.45, 7) is 6.06. The number of esters is 1. The Morgan fingerprint density at radius 1 is 1.08 bits per heavy atom. The third-order valence-corrected chi connectivity index (χ3v) is 7.18. The van der Waals surface area contributed by atoms with Crippen molar-refractivity contribution in [2.24, 2.45) is 0 Å². The van der Waals surface area contributed by atoms with Crippen LogP contribution in [0, 0.1) is 19.7 Å². The number of hydrogen-bond donors (Lipinski definition) is 1. The smallest absolute Gasteiger partial charge is 0.417 e. The van der Waals surface area contributed by atoms with Crippen LogP contribution in [0.3, 0.4) is 0 Å². The molecule has 0 atom stereocenters. The summed E-state index contributed by atoms with van der Waals surface area (Å²) in [5.74, 6) is -2.62. The van der Waals surface area contributed by atoms with Crippen molar-refractivity contribution in [1.29, 1.82) is 0 Å². The van der Waals surface area contributed by atoms with Crippen LogP contribution < -0.4 is 15.0 Å². The van der Waals surface area contributed by atoms with E-state index >= 15 is 0 Å². The zero-order valence-corrected chi connectivity index (χ0v) is 22.0. The second-order valence-electron chi connectivity index (χ2n) is 9.39. The number of carbonyl (C=O) groups is 1. The van der Waals surface area contributed by atoms with Crippen molar-refractivity contribution in [3.05, 3.63) is 76.1 Å². The van der Waals surface area contributed by atoms with Crippen molar-refractivity contribution < 1.29 is 27.1 Å². The SMILES string of the molecule is Cc1c(C)c(OC(=O)C(F)(F)F)c2c(nc(N3CCNCC3)n2Cc2ccc(F)c(Cl)c2)c1-c1ccccc1. The maximum atomic E-state index is 13.9. The number of halogens is 5. The molecule has 0 radical (unpaired) electrons. The number of alkyl halides is 3. The number of benzene rings is 3. The highest BCUT2D eigenvalue weighted by molar-refractivity contribution is 6.30.